The highest BCUT2D eigenvalue weighted by Gasteiger charge is 2.18. The zero-order valence-electron chi connectivity index (χ0n) is 10.6. The van der Waals surface area contributed by atoms with E-state index in [0.717, 1.165) is 0 Å². The van der Waals surface area contributed by atoms with Crippen LogP contribution >= 0.6 is 11.6 Å². The number of rotatable bonds is 4. The Balaban J connectivity index is 2.86. The fourth-order valence-electron chi connectivity index (χ4n) is 1.38. The molecule has 0 spiro atoms. The normalized spacial score (nSPS) is 11.5. The van der Waals surface area contributed by atoms with Crippen molar-refractivity contribution >= 4 is 23.3 Å². The molecule has 1 atom stereocenters. The molecule has 1 amide bonds. The molecule has 0 aliphatic rings. The van der Waals surface area contributed by atoms with Gasteiger partial charge in [-0.05, 0) is 19.9 Å². The highest BCUT2D eigenvalue weighted by molar-refractivity contribution is 6.34. The molecule has 1 aromatic heterocycles. The van der Waals surface area contributed by atoms with Crippen LogP contribution in [0.1, 0.15) is 19.4 Å². The Morgan fingerprint density at radius 1 is 1.72 bits per heavy atom. The van der Waals surface area contributed by atoms with Gasteiger partial charge in [-0.3, -0.25) is 4.79 Å². The first-order valence-electron chi connectivity index (χ1n) is 5.57. The van der Waals surface area contributed by atoms with Crippen LogP contribution in [0.4, 0.5) is 5.82 Å². The van der Waals surface area contributed by atoms with E-state index in [1.54, 1.807) is 18.9 Å². The predicted molar refractivity (Wildman–Crippen MR) is 70.4 cm³/mol. The topological polar surface area (TPSA) is 69.0 Å². The van der Waals surface area contributed by atoms with Gasteiger partial charge in [0, 0.05) is 19.8 Å². The molecule has 0 saturated heterocycles. The standard InChI is InChI=1S/C12H15ClN4O/c1-4-17(3)12(18)8(2)16-11-10(13)9(7-14)5-6-15-11/h5-6,8H,4H2,1-3H3,(H,15,16). The second kappa shape index (κ2) is 6.22. The molecule has 1 unspecified atom stereocenters. The van der Waals surface area contributed by atoms with Gasteiger partial charge in [0.15, 0.2) is 0 Å². The van der Waals surface area contributed by atoms with Gasteiger partial charge in [-0.1, -0.05) is 11.6 Å². The van der Waals surface area contributed by atoms with Crippen molar-refractivity contribution in [2.24, 2.45) is 0 Å². The first-order chi connectivity index (χ1) is 8.51. The van der Waals surface area contributed by atoms with Crippen molar-refractivity contribution < 1.29 is 4.79 Å². The van der Waals surface area contributed by atoms with Crippen molar-refractivity contribution in [3.8, 4) is 6.07 Å². The summed E-state index contributed by atoms with van der Waals surface area (Å²) >= 11 is 6.00. The minimum absolute atomic E-state index is 0.0577. The summed E-state index contributed by atoms with van der Waals surface area (Å²) in [5.41, 5.74) is 0.331. The summed E-state index contributed by atoms with van der Waals surface area (Å²) in [6.45, 7) is 4.25. The Bertz CT molecular complexity index is 483. The molecule has 1 heterocycles. The molecule has 6 heteroatoms. The molecule has 0 fully saturated rings. The summed E-state index contributed by atoms with van der Waals surface area (Å²) in [5, 5.41) is 12.0. The lowest BCUT2D eigenvalue weighted by atomic mass is 10.2. The predicted octanol–water partition coefficient (Wildman–Crippen LogP) is 1.89. The van der Waals surface area contributed by atoms with Crippen LogP contribution in [0.2, 0.25) is 5.02 Å². The number of carbonyl (C=O) groups is 1. The number of nitriles is 1. The van der Waals surface area contributed by atoms with Crippen LogP contribution in [0.3, 0.4) is 0 Å². The first kappa shape index (κ1) is 14.3. The highest BCUT2D eigenvalue weighted by Crippen LogP contribution is 2.23. The number of pyridine rings is 1. The summed E-state index contributed by atoms with van der Waals surface area (Å²) in [6.07, 6.45) is 1.48. The van der Waals surface area contributed by atoms with Crippen molar-refractivity contribution in [1.82, 2.24) is 9.88 Å². The number of aromatic nitrogens is 1. The van der Waals surface area contributed by atoms with Gasteiger partial charge in [0.25, 0.3) is 0 Å². The van der Waals surface area contributed by atoms with Crippen LogP contribution in [-0.4, -0.2) is 35.4 Å². The molecular formula is C12H15ClN4O. The second-order valence-electron chi connectivity index (χ2n) is 3.85. The third kappa shape index (κ3) is 3.11. The van der Waals surface area contributed by atoms with Crippen LogP contribution in [0, 0.1) is 11.3 Å². The Labute approximate surface area is 111 Å². The fraction of sp³-hybridized carbons (Fsp3) is 0.417. The highest BCUT2D eigenvalue weighted by atomic mass is 35.5. The van der Waals surface area contributed by atoms with Gasteiger partial charge in [0.1, 0.15) is 23.0 Å². The molecular weight excluding hydrogens is 252 g/mol. The van der Waals surface area contributed by atoms with Crippen molar-refractivity contribution in [2.75, 3.05) is 18.9 Å². The SMILES string of the molecule is CCN(C)C(=O)C(C)Nc1nccc(C#N)c1Cl. The third-order valence-electron chi connectivity index (χ3n) is 2.58. The maximum Gasteiger partial charge on any atom is 0.244 e. The molecule has 0 bridgehead atoms. The smallest absolute Gasteiger partial charge is 0.244 e. The van der Waals surface area contributed by atoms with Crippen LogP contribution in [0.25, 0.3) is 0 Å². The molecule has 5 nitrogen and oxygen atoms in total. The maximum atomic E-state index is 11.9. The lowest BCUT2D eigenvalue weighted by molar-refractivity contribution is -0.130. The van der Waals surface area contributed by atoms with Crippen LogP contribution in [0.15, 0.2) is 12.3 Å². The van der Waals surface area contributed by atoms with E-state index in [9.17, 15) is 4.79 Å². The monoisotopic (exact) mass is 266 g/mol. The zero-order valence-corrected chi connectivity index (χ0v) is 11.3. The number of hydrogen-bond donors (Lipinski definition) is 1. The minimum Gasteiger partial charge on any atom is -0.357 e. The van der Waals surface area contributed by atoms with E-state index in [4.69, 9.17) is 16.9 Å². The van der Waals surface area contributed by atoms with Gasteiger partial charge >= 0.3 is 0 Å². The average Bonchev–Trinajstić information content (AvgIpc) is 2.39. The van der Waals surface area contributed by atoms with Gasteiger partial charge in [-0.2, -0.15) is 5.26 Å². The molecule has 0 aromatic carbocycles. The van der Waals surface area contributed by atoms with E-state index in [1.807, 2.05) is 13.0 Å². The van der Waals surface area contributed by atoms with Gasteiger partial charge < -0.3 is 10.2 Å². The van der Waals surface area contributed by atoms with Gasteiger partial charge in [-0.25, -0.2) is 4.98 Å². The largest absolute Gasteiger partial charge is 0.357 e. The van der Waals surface area contributed by atoms with Crippen LogP contribution in [-0.2, 0) is 4.79 Å². The first-order valence-corrected chi connectivity index (χ1v) is 5.95. The molecule has 0 saturated carbocycles. The summed E-state index contributed by atoms with van der Waals surface area (Å²) in [5.74, 6) is 0.291. The van der Waals surface area contributed by atoms with Gasteiger partial charge in [0.05, 0.1) is 5.56 Å². The molecule has 0 radical (unpaired) electrons. The van der Waals surface area contributed by atoms with Gasteiger partial charge in [-0.15, -0.1) is 0 Å². The molecule has 1 aromatic rings. The van der Waals surface area contributed by atoms with Crippen molar-refractivity contribution in [2.45, 2.75) is 19.9 Å². The number of nitrogens with zero attached hydrogens (tertiary/aromatic N) is 3. The quantitative estimate of drug-likeness (QED) is 0.903. The van der Waals surface area contributed by atoms with Crippen molar-refractivity contribution in [1.29, 1.82) is 5.26 Å². The summed E-state index contributed by atoms with van der Waals surface area (Å²) in [6, 6.07) is 3.04. The molecule has 18 heavy (non-hydrogen) atoms. The maximum absolute atomic E-state index is 11.9. The van der Waals surface area contributed by atoms with E-state index >= 15 is 0 Å². The lowest BCUT2D eigenvalue weighted by Crippen LogP contribution is -2.39. The summed E-state index contributed by atoms with van der Waals surface area (Å²) < 4.78 is 0. The van der Waals surface area contributed by atoms with Crippen LogP contribution in [0.5, 0.6) is 0 Å². The summed E-state index contributed by atoms with van der Waals surface area (Å²) in [7, 11) is 1.72. The number of halogens is 1. The van der Waals surface area contributed by atoms with E-state index in [0.29, 0.717) is 17.9 Å². The molecule has 0 aliphatic carbocycles. The number of likely N-dealkylation sites (N-methyl/N-ethyl adjacent to an activating group) is 1. The zero-order chi connectivity index (χ0) is 13.7. The van der Waals surface area contributed by atoms with Crippen LogP contribution < -0.4 is 5.32 Å². The number of nitrogens with one attached hydrogen (secondary N) is 1. The van der Waals surface area contributed by atoms with E-state index < -0.39 is 6.04 Å². The van der Waals surface area contributed by atoms with E-state index in [1.165, 1.54) is 12.3 Å². The Kier molecular flexibility index (Phi) is 4.93. The minimum atomic E-state index is -0.450. The molecule has 0 aliphatic heterocycles. The Hall–Kier alpha value is -1.80. The van der Waals surface area contributed by atoms with Crippen molar-refractivity contribution in [3.05, 3.63) is 22.8 Å². The second-order valence-corrected chi connectivity index (χ2v) is 4.23. The van der Waals surface area contributed by atoms with Crippen molar-refractivity contribution in [3.63, 3.8) is 0 Å². The number of carbonyl (C=O) groups excluding carboxylic acids is 1. The fourth-order valence-corrected chi connectivity index (χ4v) is 1.59. The van der Waals surface area contributed by atoms with Gasteiger partial charge in [0.2, 0.25) is 5.91 Å². The Morgan fingerprint density at radius 3 is 2.94 bits per heavy atom. The molecule has 96 valence electrons. The number of amides is 1. The number of anilines is 1. The third-order valence-corrected chi connectivity index (χ3v) is 2.97. The summed E-state index contributed by atoms with van der Waals surface area (Å²) in [4.78, 5) is 17.5. The lowest BCUT2D eigenvalue weighted by Gasteiger charge is -2.21. The molecule has 1 N–H and O–H groups in total. The molecule has 1 rings (SSSR count). The average molecular weight is 267 g/mol. The number of hydrogen-bond acceptors (Lipinski definition) is 4. The van der Waals surface area contributed by atoms with E-state index in [-0.39, 0.29) is 10.9 Å². The van der Waals surface area contributed by atoms with E-state index in [2.05, 4.69) is 10.3 Å². The Morgan fingerprint density at radius 2 is 2.39 bits per heavy atom.